The fraction of sp³-hybridized carbons (Fsp3) is 0.750. The van der Waals surface area contributed by atoms with Crippen LogP contribution in [0.2, 0.25) is 0 Å². The first-order valence-electron chi connectivity index (χ1n) is 6.23. The summed E-state index contributed by atoms with van der Waals surface area (Å²) in [5.74, 6) is -3.56. The average Bonchev–Trinajstić information content (AvgIpc) is 2.22. The summed E-state index contributed by atoms with van der Waals surface area (Å²) in [6.07, 6.45) is -2.97. The number of carboxylic acid groups (broad SMARTS) is 2. The van der Waals surface area contributed by atoms with Gasteiger partial charge < -0.3 is 19.8 Å². The van der Waals surface area contributed by atoms with Crippen molar-refractivity contribution in [1.82, 2.24) is 0 Å². The molecule has 9 heteroatoms. The predicted octanol–water partition coefficient (Wildman–Crippen LogP) is 1.02. The van der Waals surface area contributed by atoms with E-state index >= 15 is 0 Å². The van der Waals surface area contributed by atoms with Gasteiger partial charge in [0.15, 0.2) is 0 Å². The van der Waals surface area contributed by atoms with Gasteiger partial charge in [-0.15, -0.1) is 0 Å². The van der Waals surface area contributed by atoms with Crippen molar-refractivity contribution in [2.75, 3.05) is 12.3 Å². The van der Waals surface area contributed by atoms with Gasteiger partial charge in [0.05, 0.1) is 18.5 Å². The number of carbonyl (C=O) groups excluding carboxylic acids is 1. The SMILES string of the molecule is CC(C)(C)C(CP(=O)(O)CC(CC(=O)O)OC=O)C(=O)O. The van der Waals surface area contributed by atoms with Gasteiger partial charge in [-0.05, 0) is 5.41 Å². The highest BCUT2D eigenvalue weighted by Gasteiger charge is 2.38. The molecule has 0 aliphatic heterocycles. The Balaban J connectivity index is 5.01. The second-order valence-electron chi connectivity index (χ2n) is 5.92. The minimum atomic E-state index is -3.97. The van der Waals surface area contributed by atoms with Crippen LogP contribution in [0.1, 0.15) is 27.2 Å². The average molecular weight is 324 g/mol. The van der Waals surface area contributed by atoms with Crippen LogP contribution < -0.4 is 0 Å². The Kier molecular flexibility index (Phi) is 7.06. The van der Waals surface area contributed by atoms with E-state index < -0.39 is 55.5 Å². The Morgan fingerprint density at radius 3 is 2.10 bits per heavy atom. The molecule has 0 radical (unpaired) electrons. The van der Waals surface area contributed by atoms with Gasteiger partial charge in [-0.3, -0.25) is 18.9 Å². The molecule has 0 spiro atoms. The number of hydrogen-bond acceptors (Lipinski definition) is 5. The normalized spacial score (nSPS) is 17.3. The Bertz CT molecular complexity index is 439. The zero-order valence-corrected chi connectivity index (χ0v) is 13.1. The number of aliphatic carboxylic acids is 2. The summed E-state index contributed by atoms with van der Waals surface area (Å²) in [5.41, 5.74) is -0.738. The monoisotopic (exact) mass is 324 g/mol. The van der Waals surface area contributed by atoms with Crippen LogP contribution in [0.5, 0.6) is 0 Å². The number of carboxylic acids is 2. The van der Waals surface area contributed by atoms with E-state index in [1.54, 1.807) is 20.8 Å². The fourth-order valence-electron chi connectivity index (χ4n) is 1.83. The molecule has 0 bridgehead atoms. The summed E-state index contributed by atoms with van der Waals surface area (Å²) < 4.78 is 16.6. The lowest BCUT2D eigenvalue weighted by Gasteiger charge is -2.29. The Hall–Kier alpha value is -1.40. The van der Waals surface area contributed by atoms with Crippen LogP contribution in [0.4, 0.5) is 0 Å². The maximum atomic E-state index is 12.1. The number of ether oxygens (including phenoxy) is 1. The quantitative estimate of drug-likeness (QED) is 0.422. The standard InChI is InChI=1S/C12H21O8P/c1-12(2,3)9(11(16)17)6-21(18,19)5-8(20-7-13)4-10(14)15/h7-9H,4-6H2,1-3H3,(H,14,15)(H,16,17)(H,18,19). The summed E-state index contributed by atoms with van der Waals surface area (Å²) in [4.78, 5) is 42.0. The van der Waals surface area contributed by atoms with Crippen LogP contribution in [0.3, 0.4) is 0 Å². The third-order valence-corrected chi connectivity index (χ3v) is 4.86. The van der Waals surface area contributed by atoms with Gasteiger partial charge in [0.25, 0.3) is 6.47 Å². The van der Waals surface area contributed by atoms with Gasteiger partial charge >= 0.3 is 11.9 Å². The van der Waals surface area contributed by atoms with Crippen molar-refractivity contribution in [1.29, 1.82) is 0 Å². The van der Waals surface area contributed by atoms with E-state index in [1.807, 2.05) is 0 Å². The molecule has 3 unspecified atom stereocenters. The van der Waals surface area contributed by atoms with Crippen molar-refractivity contribution in [3.8, 4) is 0 Å². The van der Waals surface area contributed by atoms with E-state index in [2.05, 4.69) is 4.74 Å². The summed E-state index contributed by atoms with van der Waals surface area (Å²) in [6.45, 7) is 4.89. The van der Waals surface area contributed by atoms with E-state index in [0.29, 0.717) is 0 Å². The minimum Gasteiger partial charge on any atom is -0.481 e. The highest BCUT2D eigenvalue weighted by molar-refractivity contribution is 7.58. The predicted molar refractivity (Wildman–Crippen MR) is 73.3 cm³/mol. The van der Waals surface area contributed by atoms with Crippen molar-refractivity contribution in [2.45, 2.75) is 33.3 Å². The van der Waals surface area contributed by atoms with Crippen molar-refractivity contribution in [3.05, 3.63) is 0 Å². The third kappa shape index (κ3) is 7.82. The molecular weight excluding hydrogens is 303 g/mol. The van der Waals surface area contributed by atoms with Crippen LogP contribution in [-0.4, -0.2) is 51.9 Å². The van der Waals surface area contributed by atoms with Crippen molar-refractivity contribution >= 4 is 25.8 Å². The second-order valence-corrected chi connectivity index (χ2v) is 8.34. The van der Waals surface area contributed by atoms with Crippen molar-refractivity contribution < 1.29 is 38.8 Å². The van der Waals surface area contributed by atoms with E-state index in [1.165, 1.54) is 0 Å². The molecule has 0 aromatic rings. The summed E-state index contributed by atoms with van der Waals surface area (Å²) >= 11 is 0. The lowest BCUT2D eigenvalue weighted by molar-refractivity contribution is -0.145. The molecule has 3 N–H and O–H groups in total. The van der Waals surface area contributed by atoms with Gasteiger partial charge in [0.2, 0.25) is 7.37 Å². The number of rotatable bonds is 9. The van der Waals surface area contributed by atoms with Gasteiger partial charge in [-0.1, -0.05) is 20.8 Å². The first kappa shape index (κ1) is 19.6. The van der Waals surface area contributed by atoms with Crippen LogP contribution in [0.25, 0.3) is 0 Å². The molecule has 0 rings (SSSR count). The maximum Gasteiger partial charge on any atom is 0.307 e. The highest BCUT2D eigenvalue weighted by Crippen LogP contribution is 2.47. The largest absolute Gasteiger partial charge is 0.481 e. The highest BCUT2D eigenvalue weighted by atomic mass is 31.2. The molecule has 122 valence electrons. The number of hydrogen-bond donors (Lipinski definition) is 3. The lowest BCUT2D eigenvalue weighted by Crippen LogP contribution is -2.33. The first-order chi connectivity index (χ1) is 9.39. The van der Waals surface area contributed by atoms with Crippen LogP contribution >= 0.6 is 7.37 Å². The topological polar surface area (TPSA) is 138 Å². The smallest absolute Gasteiger partial charge is 0.307 e. The van der Waals surface area contributed by atoms with Crippen molar-refractivity contribution in [2.24, 2.45) is 11.3 Å². The molecule has 0 amide bonds. The minimum absolute atomic E-state index is 0.00600. The molecule has 0 aromatic heterocycles. The Labute approximate surface area is 122 Å². The van der Waals surface area contributed by atoms with E-state index in [0.717, 1.165) is 0 Å². The second kappa shape index (κ2) is 7.56. The molecular formula is C12H21O8P. The van der Waals surface area contributed by atoms with E-state index in [-0.39, 0.29) is 6.47 Å². The van der Waals surface area contributed by atoms with Crippen molar-refractivity contribution in [3.63, 3.8) is 0 Å². The summed E-state index contributed by atoms with van der Waals surface area (Å²) in [7, 11) is -3.97. The molecule has 3 atom stereocenters. The molecule has 0 fully saturated rings. The molecule has 0 aliphatic rings. The Morgan fingerprint density at radius 1 is 1.24 bits per heavy atom. The zero-order chi connectivity index (χ0) is 16.8. The van der Waals surface area contributed by atoms with E-state index in [9.17, 15) is 23.8 Å². The van der Waals surface area contributed by atoms with Gasteiger partial charge in [-0.25, -0.2) is 0 Å². The fourth-order valence-corrected chi connectivity index (χ4v) is 4.10. The molecule has 21 heavy (non-hydrogen) atoms. The molecule has 0 saturated heterocycles. The van der Waals surface area contributed by atoms with Gasteiger partial charge in [0, 0.05) is 6.16 Å². The Morgan fingerprint density at radius 2 is 1.76 bits per heavy atom. The van der Waals surface area contributed by atoms with Gasteiger partial charge in [0.1, 0.15) is 6.10 Å². The molecule has 0 aromatic carbocycles. The van der Waals surface area contributed by atoms with Crippen LogP contribution in [0, 0.1) is 11.3 Å². The van der Waals surface area contributed by atoms with E-state index in [4.69, 9.17) is 10.2 Å². The van der Waals surface area contributed by atoms with Crippen LogP contribution in [-0.2, 0) is 23.7 Å². The van der Waals surface area contributed by atoms with Gasteiger partial charge in [-0.2, -0.15) is 0 Å². The van der Waals surface area contributed by atoms with Crippen LogP contribution in [0.15, 0.2) is 0 Å². The number of carbonyl (C=O) groups is 3. The molecule has 8 nitrogen and oxygen atoms in total. The summed E-state index contributed by atoms with van der Waals surface area (Å²) in [6, 6.07) is 0. The maximum absolute atomic E-state index is 12.1. The zero-order valence-electron chi connectivity index (χ0n) is 12.2. The molecule has 0 aliphatic carbocycles. The lowest BCUT2D eigenvalue weighted by atomic mass is 9.82. The molecule has 0 heterocycles. The first-order valence-corrected chi connectivity index (χ1v) is 8.26. The third-order valence-electron chi connectivity index (χ3n) is 2.95. The summed E-state index contributed by atoms with van der Waals surface area (Å²) in [5, 5.41) is 17.8. The molecule has 0 saturated carbocycles.